The van der Waals surface area contributed by atoms with Crippen LogP contribution in [0.5, 0.6) is 0 Å². The molecule has 88 valence electrons. The second-order valence-electron chi connectivity index (χ2n) is 3.71. The number of anilines is 1. The molecule has 1 amide bonds. The highest BCUT2D eigenvalue weighted by atomic mass is 16.1. The maximum absolute atomic E-state index is 11.6. The first kappa shape index (κ1) is 11.3. The van der Waals surface area contributed by atoms with Crippen molar-refractivity contribution >= 4 is 11.9 Å². The number of hydrogen-bond donors (Lipinski definition) is 3. The molecule has 4 N–H and O–H groups in total. The van der Waals surface area contributed by atoms with Crippen LogP contribution in [0.4, 0.5) is 5.95 Å². The molecule has 0 saturated heterocycles. The van der Waals surface area contributed by atoms with Crippen molar-refractivity contribution in [1.82, 2.24) is 9.97 Å². The molecule has 1 unspecified atom stereocenters. The molecule has 5 nitrogen and oxygen atoms in total. The van der Waals surface area contributed by atoms with Gasteiger partial charge in [0.2, 0.25) is 11.9 Å². The minimum Gasteiger partial charge on any atom is -0.331 e. The number of imidazole rings is 1. The van der Waals surface area contributed by atoms with Crippen molar-refractivity contribution in [2.45, 2.75) is 12.5 Å². The molecule has 0 fully saturated rings. The van der Waals surface area contributed by atoms with Gasteiger partial charge in [-0.2, -0.15) is 0 Å². The Morgan fingerprint density at radius 2 is 2.18 bits per heavy atom. The standard InChI is InChI=1S/C12H14N4O/c13-10(9-4-2-1-3-5-9)8-11(17)16-12-14-6-7-15-12/h1-7,10H,8,13H2,(H2,14,15,16,17). The maximum atomic E-state index is 11.6. The van der Waals surface area contributed by atoms with Crippen LogP contribution in [0.15, 0.2) is 42.7 Å². The average molecular weight is 230 g/mol. The Hall–Kier alpha value is -2.14. The fourth-order valence-corrected chi connectivity index (χ4v) is 1.53. The zero-order valence-electron chi connectivity index (χ0n) is 9.26. The number of rotatable bonds is 4. The highest BCUT2D eigenvalue weighted by molar-refractivity contribution is 5.89. The predicted molar refractivity (Wildman–Crippen MR) is 65.2 cm³/mol. The first-order valence-corrected chi connectivity index (χ1v) is 5.35. The number of amides is 1. The quantitative estimate of drug-likeness (QED) is 0.743. The number of benzene rings is 1. The van der Waals surface area contributed by atoms with Crippen LogP contribution in [-0.4, -0.2) is 15.9 Å². The summed E-state index contributed by atoms with van der Waals surface area (Å²) in [5.74, 6) is 0.284. The van der Waals surface area contributed by atoms with Gasteiger partial charge in [0.25, 0.3) is 0 Å². The summed E-state index contributed by atoms with van der Waals surface area (Å²) in [6.45, 7) is 0. The van der Waals surface area contributed by atoms with Gasteiger partial charge in [-0.25, -0.2) is 4.98 Å². The summed E-state index contributed by atoms with van der Waals surface area (Å²) >= 11 is 0. The summed E-state index contributed by atoms with van der Waals surface area (Å²) in [7, 11) is 0. The fourth-order valence-electron chi connectivity index (χ4n) is 1.53. The SMILES string of the molecule is NC(CC(=O)Nc1ncc[nH]1)c1ccccc1. The number of nitrogens with zero attached hydrogens (tertiary/aromatic N) is 1. The minimum atomic E-state index is -0.300. The van der Waals surface area contributed by atoms with E-state index in [4.69, 9.17) is 5.73 Å². The summed E-state index contributed by atoms with van der Waals surface area (Å²) < 4.78 is 0. The third-order valence-electron chi connectivity index (χ3n) is 2.39. The lowest BCUT2D eigenvalue weighted by atomic mass is 10.0. The minimum absolute atomic E-state index is 0.156. The number of carbonyl (C=O) groups excluding carboxylic acids is 1. The molecule has 0 saturated carbocycles. The van der Waals surface area contributed by atoms with Crippen LogP contribution in [0, 0.1) is 0 Å². The topological polar surface area (TPSA) is 83.8 Å². The van der Waals surface area contributed by atoms with Gasteiger partial charge in [0.1, 0.15) is 0 Å². The number of nitrogens with one attached hydrogen (secondary N) is 2. The zero-order chi connectivity index (χ0) is 12.1. The van der Waals surface area contributed by atoms with Crippen molar-refractivity contribution in [2.24, 2.45) is 5.73 Å². The van der Waals surface area contributed by atoms with Crippen molar-refractivity contribution in [2.75, 3.05) is 5.32 Å². The Labute approximate surface area is 99.1 Å². The van der Waals surface area contributed by atoms with E-state index < -0.39 is 0 Å². The molecule has 5 heteroatoms. The van der Waals surface area contributed by atoms with E-state index in [1.807, 2.05) is 30.3 Å². The summed E-state index contributed by atoms with van der Waals surface area (Å²) in [5, 5.41) is 2.64. The fraction of sp³-hybridized carbons (Fsp3) is 0.167. The van der Waals surface area contributed by atoms with E-state index >= 15 is 0 Å². The van der Waals surface area contributed by atoms with Gasteiger partial charge in [-0.3, -0.25) is 10.1 Å². The molecule has 1 aromatic carbocycles. The second kappa shape index (κ2) is 5.27. The number of aromatic amines is 1. The second-order valence-corrected chi connectivity index (χ2v) is 3.71. The number of hydrogen-bond acceptors (Lipinski definition) is 3. The third-order valence-corrected chi connectivity index (χ3v) is 2.39. The zero-order valence-corrected chi connectivity index (χ0v) is 9.26. The van der Waals surface area contributed by atoms with Crippen molar-refractivity contribution in [3.8, 4) is 0 Å². The van der Waals surface area contributed by atoms with Crippen LogP contribution < -0.4 is 11.1 Å². The van der Waals surface area contributed by atoms with Crippen molar-refractivity contribution in [3.05, 3.63) is 48.3 Å². The molecular formula is C12H14N4O. The molecule has 0 aliphatic heterocycles. The Morgan fingerprint density at radius 3 is 2.82 bits per heavy atom. The Balaban J connectivity index is 1.91. The first-order valence-electron chi connectivity index (χ1n) is 5.35. The Bertz CT molecular complexity index is 467. The normalized spacial score (nSPS) is 12.1. The lowest BCUT2D eigenvalue weighted by Crippen LogP contribution is -2.21. The van der Waals surface area contributed by atoms with Gasteiger partial charge in [-0.05, 0) is 5.56 Å². The smallest absolute Gasteiger partial charge is 0.228 e. The molecule has 1 atom stereocenters. The molecule has 1 aromatic heterocycles. The van der Waals surface area contributed by atoms with E-state index in [0.717, 1.165) is 5.56 Å². The third kappa shape index (κ3) is 3.15. The number of carbonyl (C=O) groups is 1. The molecule has 0 spiro atoms. The molecule has 0 aliphatic carbocycles. The monoisotopic (exact) mass is 230 g/mol. The Morgan fingerprint density at radius 1 is 1.41 bits per heavy atom. The average Bonchev–Trinajstić information content (AvgIpc) is 2.82. The summed E-state index contributed by atoms with van der Waals surface area (Å²) in [4.78, 5) is 18.3. The lowest BCUT2D eigenvalue weighted by molar-refractivity contribution is -0.116. The van der Waals surface area contributed by atoms with Crippen LogP contribution in [0.1, 0.15) is 18.0 Å². The van der Waals surface area contributed by atoms with Gasteiger partial charge in [0.05, 0.1) is 0 Å². The predicted octanol–water partition coefficient (Wildman–Crippen LogP) is 1.44. The molecule has 1 heterocycles. The maximum Gasteiger partial charge on any atom is 0.228 e. The molecule has 0 bridgehead atoms. The highest BCUT2D eigenvalue weighted by Gasteiger charge is 2.11. The molecule has 2 rings (SSSR count). The molecule has 17 heavy (non-hydrogen) atoms. The van der Waals surface area contributed by atoms with Crippen molar-refractivity contribution in [3.63, 3.8) is 0 Å². The van der Waals surface area contributed by atoms with E-state index in [1.54, 1.807) is 12.4 Å². The summed E-state index contributed by atoms with van der Waals surface area (Å²) in [6.07, 6.45) is 3.45. The van der Waals surface area contributed by atoms with Gasteiger partial charge >= 0.3 is 0 Å². The summed E-state index contributed by atoms with van der Waals surface area (Å²) in [6, 6.07) is 9.24. The van der Waals surface area contributed by atoms with Gasteiger partial charge < -0.3 is 10.7 Å². The Kier molecular flexibility index (Phi) is 3.52. The van der Waals surface area contributed by atoms with Crippen molar-refractivity contribution < 1.29 is 4.79 Å². The molecule has 0 radical (unpaired) electrons. The number of nitrogens with two attached hydrogens (primary N) is 1. The number of H-pyrrole nitrogens is 1. The summed E-state index contributed by atoms with van der Waals surface area (Å²) in [5.41, 5.74) is 6.88. The lowest BCUT2D eigenvalue weighted by Gasteiger charge is -2.10. The largest absolute Gasteiger partial charge is 0.331 e. The van der Waals surface area contributed by atoms with E-state index in [1.165, 1.54) is 0 Å². The van der Waals surface area contributed by atoms with Gasteiger partial charge in [-0.15, -0.1) is 0 Å². The molecule has 0 aliphatic rings. The van der Waals surface area contributed by atoms with Crippen LogP contribution >= 0.6 is 0 Å². The van der Waals surface area contributed by atoms with Crippen LogP contribution in [0.25, 0.3) is 0 Å². The van der Waals surface area contributed by atoms with Crippen molar-refractivity contribution in [1.29, 1.82) is 0 Å². The molecular weight excluding hydrogens is 216 g/mol. The van der Waals surface area contributed by atoms with Crippen LogP contribution in [0.3, 0.4) is 0 Å². The van der Waals surface area contributed by atoms with Gasteiger partial charge in [0.15, 0.2) is 0 Å². The number of aromatic nitrogens is 2. The van der Waals surface area contributed by atoms with Crippen LogP contribution in [-0.2, 0) is 4.79 Å². The van der Waals surface area contributed by atoms with Crippen LogP contribution in [0.2, 0.25) is 0 Å². The first-order chi connectivity index (χ1) is 8.25. The van der Waals surface area contributed by atoms with Gasteiger partial charge in [-0.1, -0.05) is 30.3 Å². The highest BCUT2D eigenvalue weighted by Crippen LogP contribution is 2.13. The van der Waals surface area contributed by atoms with E-state index in [-0.39, 0.29) is 18.4 Å². The van der Waals surface area contributed by atoms with E-state index in [0.29, 0.717) is 5.95 Å². The van der Waals surface area contributed by atoms with Gasteiger partial charge in [0, 0.05) is 24.9 Å². The van der Waals surface area contributed by atoms with E-state index in [9.17, 15) is 4.79 Å². The van der Waals surface area contributed by atoms with E-state index in [2.05, 4.69) is 15.3 Å². The molecule has 2 aromatic rings.